The van der Waals surface area contributed by atoms with Gasteiger partial charge in [-0.1, -0.05) is 74.5 Å². The summed E-state index contributed by atoms with van der Waals surface area (Å²) in [5.41, 5.74) is 2.36. The minimum Gasteiger partial charge on any atom is -0.329 e. The van der Waals surface area contributed by atoms with Gasteiger partial charge in [0.15, 0.2) is 8.38 Å². The maximum absolute atomic E-state index is 6.10. The van der Waals surface area contributed by atoms with Gasteiger partial charge in [-0.15, -0.1) is 0 Å². The van der Waals surface area contributed by atoms with Crippen LogP contribution in [0.1, 0.15) is 31.9 Å². The third-order valence-electron chi connectivity index (χ3n) is 3.48. The van der Waals surface area contributed by atoms with Gasteiger partial charge in [0.05, 0.1) is 13.2 Å². The van der Waals surface area contributed by atoms with Crippen LogP contribution in [-0.2, 0) is 22.3 Å². The van der Waals surface area contributed by atoms with Crippen LogP contribution in [0.15, 0.2) is 60.7 Å². The highest BCUT2D eigenvalue weighted by Gasteiger charge is 2.16. The summed E-state index contributed by atoms with van der Waals surface area (Å²) in [6.45, 7) is 7.70. The van der Waals surface area contributed by atoms with Crippen LogP contribution >= 0.6 is 8.38 Å². The molecule has 2 aromatic carbocycles. The summed E-state index contributed by atoms with van der Waals surface area (Å²) in [5, 5.41) is 3.53. The topological polar surface area (TPSA) is 30.5 Å². The van der Waals surface area contributed by atoms with E-state index < -0.39 is 8.38 Å². The molecule has 0 aromatic heterocycles. The van der Waals surface area contributed by atoms with E-state index in [1.54, 1.807) is 0 Å². The molecule has 0 aliphatic carbocycles. The van der Waals surface area contributed by atoms with E-state index in [0.717, 1.165) is 6.16 Å². The molecule has 0 heterocycles. The van der Waals surface area contributed by atoms with E-state index in [4.69, 9.17) is 9.05 Å². The third-order valence-corrected chi connectivity index (χ3v) is 5.16. The van der Waals surface area contributed by atoms with Gasteiger partial charge in [-0.2, -0.15) is 0 Å². The maximum atomic E-state index is 6.10. The van der Waals surface area contributed by atoms with E-state index in [9.17, 15) is 0 Å². The van der Waals surface area contributed by atoms with Crippen molar-refractivity contribution in [2.24, 2.45) is 0 Å². The summed E-state index contributed by atoms with van der Waals surface area (Å²) in [5.74, 6) is 0. The molecule has 3 nitrogen and oxygen atoms in total. The lowest BCUT2D eigenvalue weighted by Crippen LogP contribution is -2.34. The fourth-order valence-electron chi connectivity index (χ4n) is 2.43. The fraction of sp³-hybridized carbons (Fsp3) is 0.400. The minimum atomic E-state index is -0.941. The lowest BCUT2D eigenvalue weighted by atomic mass is 10.2. The van der Waals surface area contributed by atoms with Gasteiger partial charge in [-0.05, 0) is 18.1 Å². The number of hydrogen-bond donors (Lipinski definition) is 1. The van der Waals surface area contributed by atoms with E-state index in [0.29, 0.717) is 25.3 Å². The fourth-order valence-corrected chi connectivity index (χ4v) is 3.85. The van der Waals surface area contributed by atoms with Gasteiger partial charge in [-0.3, -0.25) is 0 Å². The third kappa shape index (κ3) is 7.55. The van der Waals surface area contributed by atoms with Crippen LogP contribution in [-0.4, -0.2) is 18.2 Å². The Morgan fingerprint density at radius 3 is 1.67 bits per heavy atom. The smallest absolute Gasteiger partial charge is 0.172 e. The molecule has 0 bridgehead atoms. The van der Waals surface area contributed by atoms with Crippen LogP contribution < -0.4 is 5.32 Å². The molecule has 24 heavy (non-hydrogen) atoms. The van der Waals surface area contributed by atoms with Gasteiger partial charge in [0.25, 0.3) is 0 Å². The molecule has 1 N–H and O–H groups in total. The van der Waals surface area contributed by atoms with Gasteiger partial charge < -0.3 is 14.4 Å². The Kier molecular flexibility index (Phi) is 8.41. The van der Waals surface area contributed by atoms with E-state index >= 15 is 0 Å². The lowest BCUT2D eigenvalue weighted by molar-refractivity contribution is 0.233. The Balaban J connectivity index is 1.89. The SMILES string of the molecule is CC(C)NC(C)CP(OCc1ccccc1)OCc1ccccc1. The van der Waals surface area contributed by atoms with Crippen molar-refractivity contribution in [3.63, 3.8) is 0 Å². The van der Waals surface area contributed by atoms with Crippen molar-refractivity contribution in [2.45, 2.75) is 46.1 Å². The molecule has 1 unspecified atom stereocenters. The zero-order valence-corrected chi connectivity index (χ0v) is 15.7. The van der Waals surface area contributed by atoms with Gasteiger partial charge in [0.2, 0.25) is 0 Å². The molecular formula is C20H28NO2P. The second-order valence-corrected chi connectivity index (χ2v) is 7.80. The quantitative estimate of drug-likeness (QED) is 0.606. The van der Waals surface area contributed by atoms with Crippen molar-refractivity contribution < 1.29 is 9.05 Å². The zero-order chi connectivity index (χ0) is 17.2. The highest BCUT2D eigenvalue weighted by molar-refractivity contribution is 7.47. The zero-order valence-electron chi connectivity index (χ0n) is 14.8. The number of benzene rings is 2. The molecule has 1 atom stereocenters. The first-order valence-electron chi connectivity index (χ1n) is 8.50. The molecule has 0 saturated heterocycles. The molecule has 0 amide bonds. The van der Waals surface area contributed by atoms with Crippen molar-refractivity contribution in [1.29, 1.82) is 0 Å². The molecule has 2 rings (SSSR count). The number of hydrogen-bond acceptors (Lipinski definition) is 3. The summed E-state index contributed by atoms with van der Waals surface area (Å²) in [6, 6.07) is 21.3. The van der Waals surface area contributed by atoms with Crippen LogP contribution in [0.5, 0.6) is 0 Å². The van der Waals surface area contributed by atoms with E-state index in [1.807, 2.05) is 36.4 Å². The molecular weight excluding hydrogens is 317 g/mol. The normalized spacial score (nSPS) is 12.7. The van der Waals surface area contributed by atoms with Crippen LogP contribution in [0.3, 0.4) is 0 Å². The van der Waals surface area contributed by atoms with Crippen LogP contribution in [0.2, 0.25) is 0 Å². The number of nitrogens with one attached hydrogen (secondary N) is 1. The summed E-state index contributed by atoms with van der Waals surface area (Å²) in [4.78, 5) is 0. The molecule has 0 aliphatic heterocycles. The summed E-state index contributed by atoms with van der Waals surface area (Å²) >= 11 is 0. The molecule has 0 saturated carbocycles. The second kappa shape index (κ2) is 10.6. The first-order chi connectivity index (χ1) is 11.6. The largest absolute Gasteiger partial charge is 0.329 e. The monoisotopic (exact) mass is 345 g/mol. The summed E-state index contributed by atoms with van der Waals surface area (Å²) in [6.07, 6.45) is 0.882. The molecule has 4 heteroatoms. The van der Waals surface area contributed by atoms with Gasteiger partial charge >= 0.3 is 0 Å². The Hall–Kier alpha value is -1.25. The highest BCUT2D eigenvalue weighted by Crippen LogP contribution is 2.41. The molecule has 0 aliphatic rings. The van der Waals surface area contributed by atoms with Gasteiger partial charge in [-0.25, -0.2) is 0 Å². The maximum Gasteiger partial charge on any atom is 0.172 e. The first-order valence-corrected chi connectivity index (χ1v) is 9.87. The average molecular weight is 345 g/mol. The Morgan fingerprint density at radius 1 is 0.792 bits per heavy atom. The molecule has 0 fully saturated rings. The predicted octanol–water partition coefficient (Wildman–Crippen LogP) is 5.12. The Morgan fingerprint density at radius 2 is 1.25 bits per heavy atom. The highest BCUT2D eigenvalue weighted by atomic mass is 31.2. The molecule has 2 aromatic rings. The van der Waals surface area contributed by atoms with Crippen molar-refractivity contribution in [1.82, 2.24) is 5.32 Å². The summed E-state index contributed by atoms with van der Waals surface area (Å²) < 4.78 is 12.2. The van der Waals surface area contributed by atoms with E-state index in [-0.39, 0.29) is 0 Å². The van der Waals surface area contributed by atoms with E-state index in [1.165, 1.54) is 11.1 Å². The molecule has 0 spiro atoms. The van der Waals surface area contributed by atoms with Crippen LogP contribution in [0.4, 0.5) is 0 Å². The van der Waals surface area contributed by atoms with Gasteiger partial charge in [0.1, 0.15) is 0 Å². The molecule has 130 valence electrons. The summed E-state index contributed by atoms with van der Waals surface area (Å²) in [7, 11) is -0.941. The van der Waals surface area contributed by atoms with Crippen molar-refractivity contribution in [3.8, 4) is 0 Å². The standard InChI is InChI=1S/C20H28NO2P/c1-17(2)21-18(3)16-24(22-14-19-10-6-4-7-11-19)23-15-20-12-8-5-9-13-20/h4-13,17-18,21H,14-16H2,1-3H3. The van der Waals surface area contributed by atoms with Crippen LogP contribution in [0, 0.1) is 0 Å². The average Bonchev–Trinajstić information content (AvgIpc) is 2.58. The number of rotatable bonds is 10. The van der Waals surface area contributed by atoms with Crippen molar-refractivity contribution in [2.75, 3.05) is 6.16 Å². The van der Waals surface area contributed by atoms with Crippen LogP contribution in [0.25, 0.3) is 0 Å². The lowest BCUT2D eigenvalue weighted by Gasteiger charge is -2.23. The predicted molar refractivity (Wildman–Crippen MR) is 102 cm³/mol. The second-order valence-electron chi connectivity index (χ2n) is 6.26. The Labute approximate surface area is 147 Å². The minimum absolute atomic E-state index is 0.364. The van der Waals surface area contributed by atoms with Crippen molar-refractivity contribution in [3.05, 3.63) is 71.8 Å². The van der Waals surface area contributed by atoms with Crippen molar-refractivity contribution >= 4 is 8.38 Å². The van der Waals surface area contributed by atoms with Gasteiger partial charge in [0, 0.05) is 18.2 Å². The first kappa shape index (κ1) is 19.1. The Bertz CT molecular complexity index is 519. The molecule has 0 radical (unpaired) electrons. The van der Waals surface area contributed by atoms with E-state index in [2.05, 4.69) is 50.4 Å².